The first-order valence-corrected chi connectivity index (χ1v) is 29.4. The third-order valence-electron chi connectivity index (χ3n) is 17.4. The van der Waals surface area contributed by atoms with Crippen molar-refractivity contribution in [1.29, 1.82) is 0 Å². The third-order valence-corrected chi connectivity index (χ3v) is 17.4. The summed E-state index contributed by atoms with van der Waals surface area (Å²) in [5, 5.41) is 112. The lowest BCUT2D eigenvalue weighted by Gasteiger charge is -2.34. The highest BCUT2D eigenvalue weighted by Gasteiger charge is 2.50. The molecule has 5 fully saturated rings. The quantitative estimate of drug-likeness (QED) is 0.0975. The monoisotopic (exact) mass is 1170 g/mol. The van der Waals surface area contributed by atoms with Crippen molar-refractivity contribution in [3.8, 4) is 22.6 Å². The Morgan fingerprint density at radius 1 is 0.631 bits per heavy atom. The van der Waals surface area contributed by atoms with Gasteiger partial charge in [0.2, 0.25) is 35.4 Å². The predicted octanol–water partition coefficient (Wildman–Crippen LogP) is -0.420. The number of fused-ring (bicyclic) bond motifs is 2. The van der Waals surface area contributed by atoms with Gasteiger partial charge in [0.15, 0.2) is 6.23 Å². The van der Waals surface area contributed by atoms with Gasteiger partial charge in [0, 0.05) is 44.1 Å². The summed E-state index contributed by atoms with van der Waals surface area (Å²) in [7, 11) is 0. The van der Waals surface area contributed by atoms with Gasteiger partial charge < -0.3 is 87.1 Å². The Labute approximate surface area is 488 Å². The van der Waals surface area contributed by atoms with Crippen LogP contribution in [-0.2, 0) is 28.8 Å². The number of hydrogen-bond donors (Lipinski definition) is 14. The number of hydrogen-bond acceptors (Lipinski definition) is 18. The zero-order valence-corrected chi connectivity index (χ0v) is 47.8. The van der Waals surface area contributed by atoms with Crippen LogP contribution in [0.5, 0.6) is 11.5 Å². The Morgan fingerprint density at radius 2 is 1.20 bits per heavy atom. The molecule has 4 aliphatic heterocycles. The summed E-state index contributed by atoms with van der Waals surface area (Å²) in [5.74, 6) is -5.59. The lowest BCUT2D eigenvalue weighted by molar-refractivity contribution is -0.148. The molecule has 4 heterocycles. The minimum Gasteiger partial charge on any atom is -0.508 e. The Hall–Kier alpha value is -6.48. The van der Waals surface area contributed by atoms with E-state index in [1.165, 1.54) is 89.5 Å². The van der Waals surface area contributed by atoms with E-state index in [9.17, 15) is 74.7 Å². The van der Waals surface area contributed by atoms with E-state index in [0.717, 1.165) is 65.1 Å². The van der Waals surface area contributed by atoms with Crippen LogP contribution in [0.1, 0.15) is 96.6 Å². The number of ether oxygens (including phenoxy) is 1. The number of likely N-dealkylation sites (tertiary alicyclic amines) is 1. The molecule has 3 aromatic rings. The second-order valence-electron chi connectivity index (χ2n) is 23.7. The van der Waals surface area contributed by atoms with Crippen LogP contribution >= 0.6 is 0 Å². The van der Waals surface area contributed by atoms with Gasteiger partial charge in [0.25, 0.3) is 0 Å². The van der Waals surface area contributed by atoms with Gasteiger partial charge in [-0.15, -0.1) is 0 Å². The van der Waals surface area contributed by atoms with Crippen LogP contribution in [0.4, 0.5) is 5.69 Å². The molecule has 15 unspecified atom stereocenters. The number of benzene rings is 3. The second-order valence-corrected chi connectivity index (χ2v) is 23.7. The van der Waals surface area contributed by atoms with Crippen molar-refractivity contribution in [2.24, 2.45) is 17.8 Å². The fraction of sp³-hybridized carbons (Fsp3) is 0.600. The average molecular weight is 1170 g/mol. The maximum atomic E-state index is 14.5. The fourth-order valence-electron chi connectivity index (χ4n) is 12.4. The number of carbonyl (C=O) groups is 6. The lowest BCUT2D eigenvalue weighted by Crippen LogP contribution is -2.64. The van der Waals surface area contributed by atoms with E-state index in [-0.39, 0.29) is 17.9 Å². The molecular weight excluding hydrogens is 1090 g/mol. The molecular formula is C60H84N8O16. The Bertz CT molecular complexity index is 2710. The number of phenols is 1. The van der Waals surface area contributed by atoms with E-state index in [0.29, 0.717) is 12.3 Å². The first-order chi connectivity index (χ1) is 40.1. The van der Waals surface area contributed by atoms with Crippen molar-refractivity contribution in [3.63, 3.8) is 0 Å². The third kappa shape index (κ3) is 15.7. The molecule has 0 bridgehead atoms. The van der Waals surface area contributed by atoms with Gasteiger partial charge in [-0.3, -0.25) is 33.7 Å². The number of anilines is 1. The van der Waals surface area contributed by atoms with Crippen molar-refractivity contribution in [2.75, 3.05) is 44.6 Å². The van der Waals surface area contributed by atoms with Crippen LogP contribution in [0.25, 0.3) is 11.1 Å². The summed E-state index contributed by atoms with van der Waals surface area (Å²) in [6, 6.07) is 8.16. The molecule has 460 valence electrons. The van der Waals surface area contributed by atoms with Gasteiger partial charge >= 0.3 is 0 Å². The Balaban J connectivity index is 1.01. The molecule has 24 heteroatoms. The first-order valence-electron chi connectivity index (χ1n) is 29.4. The standard InChI is InChI=1S/C60H84N8O16/c1-32-30-68-50(51(32)74)58(81)65-56(79)46(73)29-44(61-40-15-9-37(10-16-40)38-13-19-43(20-14-38)84-26-25-66-23-21-36(22-24-66)27-35-7-5-4-6-8-35)54(77)62-47(33(2)69)59(82)67-31-42(72)28-45(67)55(78)64-49(57(80)63-48(34(3)70)60(68)83)53(76)52(75)39-11-17-41(71)18-12-39/h9-20,32-36,42,44-53,56,61,69-76,79H,4-8,21-31H2,1-3H3,(H,62,77)(H,63,80)(H,64,78)(H,65,81). The zero-order chi connectivity index (χ0) is 60.5. The van der Waals surface area contributed by atoms with Crippen molar-refractivity contribution < 1.29 is 79.5 Å². The van der Waals surface area contributed by atoms with Gasteiger partial charge in [0.05, 0.1) is 24.4 Å². The topological polar surface area (TPSA) is 364 Å². The summed E-state index contributed by atoms with van der Waals surface area (Å²) in [4.78, 5) is 90.4. The van der Waals surface area contributed by atoms with Gasteiger partial charge in [-0.05, 0) is 111 Å². The smallest absolute Gasteiger partial charge is 0.248 e. The number of carbonyl (C=O) groups excluding carboxylic acids is 6. The highest BCUT2D eigenvalue weighted by atomic mass is 16.5. The predicted molar refractivity (Wildman–Crippen MR) is 305 cm³/mol. The van der Waals surface area contributed by atoms with Crippen LogP contribution in [0.15, 0.2) is 72.8 Å². The van der Waals surface area contributed by atoms with Crippen molar-refractivity contribution in [2.45, 2.75) is 170 Å². The lowest BCUT2D eigenvalue weighted by atomic mass is 9.80. The molecule has 0 spiro atoms. The Kier molecular flexibility index (Phi) is 21.6. The summed E-state index contributed by atoms with van der Waals surface area (Å²) < 4.78 is 6.13. The SMILES string of the molecule is CC(O)C1NC(=O)C(Nc2ccc(-c3ccc(OCCN4CCC(CC5CCCCC5)CC4)cc3)cc2)CC(O)C(O)NC(=O)C2C(O)C(C)CN2C(=O)C(C(C)O)NC(=O)C(C(O)C(O)c2ccc(O)cc2)NC(=O)C2CC(O)CN2C1=O. The number of rotatable bonds is 14. The normalized spacial score (nSPS) is 30.2. The highest BCUT2D eigenvalue weighted by Crippen LogP contribution is 2.34. The first kappa shape index (κ1) is 63.5. The number of piperidine rings is 1. The molecule has 8 rings (SSSR count). The molecule has 4 saturated heterocycles. The summed E-state index contributed by atoms with van der Waals surface area (Å²) >= 11 is 0. The number of phenolic OH excluding ortho intramolecular Hbond substituents is 1. The minimum atomic E-state index is -2.26. The minimum absolute atomic E-state index is 0.0514. The van der Waals surface area contributed by atoms with Crippen LogP contribution < -0.4 is 31.3 Å². The summed E-state index contributed by atoms with van der Waals surface area (Å²) in [6.45, 7) is 6.50. The largest absolute Gasteiger partial charge is 0.508 e. The molecule has 15 atom stereocenters. The van der Waals surface area contributed by atoms with Crippen LogP contribution in [0, 0.1) is 17.8 Å². The van der Waals surface area contributed by atoms with E-state index in [4.69, 9.17) is 4.74 Å². The van der Waals surface area contributed by atoms with E-state index >= 15 is 0 Å². The van der Waals surface area contributed by atoms with Crippen molar-refractivity contribution >= 4 is 41.1 Å². The summed E-state index contributed by atoms with van der Waals surface area (Å²) in [6.07, 6.45) is -5.25. The van der Waals surface area contributed by atoms with Gasteiger partial charge in [-0.2, -0.15) is 0 Å². The van der Waals surface area contributed by atoms with E-state index in [2.05, 4.69) is 31.5 Å². The van der Waals surface area contributed by atoms with E-state index in [1.807, 2.05) is 24.3 Å². The molecule has 14 N–H and O–H groups in total. The van der Waals surface area contributed by atoms with Crippen LogP contribution in [0.2, 0.25) is 0 Å². The Morgan fingerprint density at radius 3 is 1.82 bits per heavy atom. The molecule has 1 saturated carbocycles. The number of nitrogens with zero attached hydrogens (tertiary/aromatic N) is 3. The molecule has 6 amide bonds. The second kappa shape index (κ2) is 28.6. The number of amides is 6. The number of aliphatic hydroxyl groups is 8. The molecule has 0 aromatic heterocycles. The van der Waals surface area contributed by atoms with Crippen molar-refractivity contribution in [1.82, 2.24) is 36.0 Å². The van der Waals surface area contributed by atoms with Gasteiger partial charge in [0.1, 0.15) is 72.7 Å². The molecule has 3 aromatic carbocycles. The number of nitrogens with one attached hydrogen (secondary N) is 5. The molecule has 1 aliphatic carbocycles. The number of aliphatic hydroxyl groups excluding tert-OH is 8. The molecule has 5 aliphatic rings. The number of aromatic hydroxyl groups is 1. The fourth-order valence-corrected chi connectivity index (χ4v) is 12.4. The van der Waals surface area contributed by atoms with Crippen LogP contribution in [0.3, 0.4) is 0 Å². The molecule has 0 radical (unpaired) electrons. The van der Waals surface area contributed by atoms with E-state index in [1.54, 1.807) is 24.3 Å². The maximum absolute atomic E-state index is 14.5. The van der Waals surface area contributed by atoms with Gasteiger partial charge in [-0.25, -0.2) is 0 Å². The maximum Gasteiger partial charge on any atom is 0.248 e. The summed E-state index contributed by atoms with van der Waals surface area (Å²) in [5.41, 5.74) is 1.90. The van der Waals surface area contributed by atoms with Crippen LogP contribution in [-0.4, -0.2) is 215 Å². The average Bonchev–Trinajstić information content (AvgIpc) is 4.09. The van der Waals surface area contributed by atoms with Crippen molar-refractivity contribution in [3.05, 3.63) is 78.4 Å². The highest BCUT2D eigenvalue weighted by molar-refractivity contribution is 5.98. The van der Waals surface area contributed by atoms with E-state index < -0.39 is 146 Å². The van der Waals surface area contributed by atoms with Gasteiger partial charge in [-0.1, -0.05) is 75.4 Å². The zero-order valence-electron chi connectivity index (χ0n) is 47.8. The molecule has 24 nitrogen and oxygen atoms in total. The molecule has 84 heavy (non-hydrogen) atoms.